The molecule has 76 valence electrons. The minimum absolute atomic E-state index is 0.240. The molecule has 0 atom stereocenters. The third-order valence-electron chi connectivity index (χ3n) is 1.63. The summed E-state index contributed by atoms with van der Waals surface area (Å²) in [6.07, 6.45) is 0. The normalized spacial score (nSPS) is 9.86. The number of nitrogens with one attached hydrogen (secondary N) is 1. The molecule has 0 heterocycles. The largest absolute Gasteiger partial charge is 0.460 e. The number of esters is 1. The van der Waals surface area contributed by atoms with Crippen molar-refractivity contribution in [2.24, 2.45) is 0 Å². The van der Waals surface area contributed by atoms with Gasteiger partial charge in [-0.25, -0.2) is 0 Å². The fraction of sp³-hybridized carbons (Fsp3) is 0.300. The molecular formula is C10H12BrNO2. The third kappa shape index (κ3) is 3.89. The highest BCUT2D eigenvalue weighted by atomic mass is 79.9. The molecule has 0 spiro atoms. The van der Waals surface area contributed by atoms with E-state index in [0.29, 0.717) is 6.61 Å². The highest BCUT2D eigenvalue weighted by Gasteiger charge is 2.00. The Labute approximate surface area is 91.6 Å². The van der Waals surface area contributed by atoms with Gasteiger partial charge in [0.25, 0.3) is 0 Å². The molecule has 14 heavy (non-hydrogen) atoms. The van der Waals surface area contributed by atoms with Crippen LogP contribution in [0.1, 0.15) is 5.56 Å². The number of likely N-dealkylation sites (N-methyl/N-ethyl adjacent to an activating group) is 1. The predicted octanol–water partition coefficient (Wildman–Crippen LogP) is 1.71. The van der Waals surface area contributed by atoms with Crippen molar-refractivity contribution < 1.29 is 9.53 Å². The van der Waals surface area contributed by atoms with Gasteiger partial charge in [0.2, 0.25) is 0 Å². The standard InChI is InChI=1S/C10H12BrNO2/c1-12-6-10(13)14-7-8-2-4-9(11)5-3-8/h2-5,12H,6-7H2,1H3. The lowest BCUT2D eigenvalue weighted by Crippen LogP contribution is -2.20. The van der Waals surface area contributed by atoms with Crippen LogP contribution in [0.2, 0.25) is 0 Å². The second-order valence-corrected chi connectivity index (χ2v) is 3.73. The monoisotopic (exact) mass is 257 g/mol. The number of rotatable bonds is 4. The zero-order valence-corrected chi connectivity index (χ0v) is 9.50. The van der Waals surface area contributed by atoms with Crippen molar-refractivity contribution in [3.8, 4) is 0 Å². The zero-order chi connectivity index (χ0) is 10.4. The van der Waals surface area contributed by atoms with Crippen LogP contribution in [-0.2, 0) is 16.1 Å². The highest BCUT2D eigenvalue weighted by molar-refractivity contribution is 9.10. The van der Waals surface area contributed by atoms with E-state index in [-0.39, 0.29) is 12.5 Å². The molecule has 0 aliphatic carbocycles. The van der Waals surface area contributed by atoms with Crippen molar-refractivity contribution in [3.05, 3.63) is 34.3 Å². The molecule has 0 amide bonds. The first-order valence-corrected chi connectivity index (χ1v) is 5.06. The molecule has 4 heteroatoms. The Hall–Kier alpha value is -0.870. The summed E-state index contributed by atoms with van der Waals surface area (Å²) in [6.45, 7) is 0.574. The molecule has 0 aliphatic rings. The van der Waals surface area contributed by atoms with Crippen molar-refractivity contribution in [1.29, 1.82) is 0 Å². The first kappa shape index (κ1) is 11.2. The molecule has 0 fully saturated rings. The van der Waals surface area contributed by atoms with Crippen LogP contribution in [0.25, 0.3) is 0 Å². The van der Waals surface area contributed by atoms with E-state index in [0.717, 1.165) is 10.0 Å². The summed E-state index contributed by atoms with van der Waals surface area (Å²) >= 11 is 3.33. The molecule has 0 unspecified atom stereocenters. The van der Waals surface area contributed by atoms with E-state index in [4.69, 9.17) is 4.74 Å². The van der Waals surface area contributed by atoms with E-state index in [2.05, 4.69) is 21.2 Å². The number of ether oxygens (including phenoxy) is 1. The maximum absolute atomic E-state index is 11.0. The van der Waals surface area contributed by atoms with Gasteiger partial charge in [-0.05, 0) is 24.7 Å². The fourth-order valence-electron chi connectivity index (χ4n) is 0.940. The van der Waals surface area contributed by atoms with E-state index >= 15 is 0 Å². The van der Waals surface area contributed by atoms with E-state index < -0.39 is 0 Å². The summed E-state index contributed by atoms with van der Waals surface area (Å²) < 4.78 is 6.01. The number of hydrogen-bond donors (Lipinski definition) is 1. The van der Waals surface area contributed by atoms with Gasteiger partial charge in [0, 0.05) is 4.47 Å². The van der Waals surface area contributed by atoms with Crippen molar-refractivity contribution in [2.75, 3.05) is 13.6 Å². The molecule has 0 saturated carbocycles. The molecule has 0 radical (unpaired) electrons. The van der Waals surface area contributed by atoms with Crippen molar-refractivity contribution in [2.45, 2.75) is 6.61 Å². The molecule has 1 N–H and O–H groups in total. The third-order valence-corrected chi connectivity index (χ3v) is 2.16. The molecule has 0 aliphatic heterocycles. The Morgan fingerprint density at radius 1 is 1.43 bits per heavy atom. The molecule has 1 aromatic carbocycles. The number of hydrogen-bond acceptors (Lipinski definition) is 3. The molecule has 0 bridgehead atoms. The number of carbonyl (C=O) groups excluding carboxylic acids is 1. The minimum atomic E-state index is -0.240. The van der Waals surface area contributed by atoms with Crippen LogP contribution >= 0.6 is 15.9 Å². The molecule has 0 aromatic heterocycles. The van der Waals surface area contributed by atoms with Gasteiger partial charge >= 0.3 is 5.97 Å². The Morgan fingerprint density at radius 2 is 2.07 bits per heavy atom. The molecule has 1 aromatic rings. The number of halogens is 1. The second-order valence-electron chi connectivity index (χ2n) is 2.82. The predicted molar refractivity (Wildman–Crippen MR) is 57.9 cm³/mol. The number of benzene rings is 1. The van der Waals surface area contributed by atoms with Gasteiger partial charge in [0.05, 0.1) is 6.54 Å². The van der Waals surface area contributed by atoms with Crippen LogP contribution in [0, 0.1) is 0 Å². The first-order valence-electron chi connectivity index (χ1n) is 4.27. The summed E-state index contributed by atoms with van der Waals surface area (Å²) in [5, 5.41) is 2.73. The first-order chi connectivity index (χ1) is 6.72. The van der Waals surface area contributed by atoms with Crippen molar-refractivity contribution >= 4 is 21.9 Å². The summed E-state index contributed by atoms with van der Waals surface area (Å²) in [5.41, 5.74) is 0.984. The number of carbonyl (C=O) groups is 1. The summed E-state index contributed by atoms with van der Waals surface area (Å²) in [5.74, 6) is -0.240. The smallest absolute Gasteiger partial charge is 0.320 e. The van der Waals surface area contributed by atoms with Crippen LogP contribution in [0.3, 0.4) is 0 Å². The van der Waals surface area contributed by atoms with Gasteiger partial charge in [0.1, 0.15) is 6.61 Å². The average Bonchev–Trinajstić information content (AvgIpc) is 2.17. The fourth-order valence-corrected chi connectivity index (χ4v) is 1.20. The molecule has 1 rings (SSSR count). The van der Waals surface area contributed by atoms with E-state index in [1.807, 2.05) is 24.3 Å². The van der Waals surface area contributed by atoms with Crippen molar-refractivity contribution in [1.82, 2.24) is 5.32 Å². The second kappa shape index (κ2) is 5.78. The van der Waals surface area contributed by atoms with Gasteiger partial charge in [-0.2, -0.15) is 0 Å². The minimum Gasteiger partial charge on any atom is -0.460 e. The van der Waals surface area contributed by atoms with E-state index in [1.165, 1.54) is 0 Å². The van der Waals surface area contributed by atoms with Gasteiger partial charge in [-0.15, -0.1) is 0 Å². The maximum Gasteiger partial charge on any atom is 0.320 e. The Bertz CT molecular complexity index is 297. The van der Waals surface area contributed by atoms with Crippen LogP contribution in [0.4, 0.5) is 0 Å². The Morgan fingerprint density at radius 3 is 2.64 bits per heavy atom. The van der Waals surface area contributed by atoms with E-state index in [9.17, 15) is 4.79 Å². The lowest BCUT2D eigenvalue weighted by atomic mass is 10.2. The van der Waals surface area contributed by atoms with Crippen molar-refractivity contribution in [3.63, 3.8) is 0 Å². The van der Waals surface area contributed by atoms with Gasteiger partial charge in [0.15, 0.2) is 0 Å². The molecular weight excluding hydrogens is 246 g/mol. The van der Waals surface area contributed by atoms with Crippen LogP contribution in [0.15, 0.2) is 28.7 Å². The van der Waals surface area contributed by atoms with Gasteiger partial charge in [-0.3, -0.25) is 4.79 Å². The van der Waals surface area contributed by atoms with Gasteiger partial charge in [-0.1, -0.05) is 28.1 Å². The molecule has 3 nitrogen and oxygen atoms in total. The maximum atomic E-state index is 11.0. The zero-order valence-electron chi connectivity index (χ0n) is 7.92. The SMILES string of the molecule is CNCC(=O)OCc1ccc(Br)cc1. The lowest BCUT2D eigenvalue weighted by molar-refractivity contribution is -0.143. The lowest BCUT2D eigenvalue weighted by Gasteiger charge is -2.04. The Kier molecular flexibility index (Phi) is 4.62. The van der Waals surface area contributed by atoms with E-state index in [1.54, 1.807) is 7.05 Å². The Balaban J connectivity index is 2.38. The molecule has 0 saturated heterocycles. The topological polar surface area (TPSA) is 38.3 Å². The van der Waals surface area contributed by atoms with Crippen LogP contribution in [0.5, 0.6) is 0 Å². The average molecular weight is 258 g/mol. The summed E-state index contributed by atoms with van der Waals surface area (Å²) in [4.78, 5) is 11.0. The summed E-state index contributed by atoms with van der Waals surface area (Å²) in [6, 6.07) is 7.66. The summed E-state index contributed by atoms with van der Waals surface area (Å²) in [7, 11) is 1.71. The highest BCUT2D eigenvalue weighted by Crippen LogP contribution is 2.10. The van der Waals surface area contributed by atoms with Gasteiger partial charge < -0.3 is 10.1 Å². The van der Waals surface area contributed by atoms with Crippen LogP contribution < -0.4 is 5.32 Å². The quantitative estimate of drug-likeness (QED) is 0.835. The van der Waals surface area contributed by atoms with Crippen LogP contribution in [-0.4, -0.2) is 19.6 Å².